The summed E-state index contributed by atoms with van der Waals surface area (Å²) in [5.74, 6) is -1.21. The number of aromatic carboxylic acids is 1. The molecule has 0 aliphatic rings. The van der Waals surface area contributed by atoms with Gasteiger partial charge >= 0.3 is 5.97 Å². The highest BCUT2D eigenvalue weighted by molar-refractivity contribution is 7.92. The van der Waals surface area contributed by atoms with Gasteiger partial charge in [0.25, 0.3) is 10.0 Å². The number of carboxylic acids is 1. The molecule has 0 unspecified atom stereocenters. The van der Waals surface area contributed by atoms with Crippen molar-refractivity contribution in [3.63, 3.8) is 0 Å². The number of anilines is 1. The van der Waals surface area contributed by atoms with Gasteiger partial charge in [-0.1, -0.05) is 25.5 Å². The van der Waals surface area contributed by atoms with Crippen molar-refractivity contribution in [1.29, 1.82) is 0 Å². The van der Waals surface area contributed by atoms with E-state index in [2.05, 4.69) is 16.6 Å². The molecule has 0 saturated carbocycles. The molecule has 0 aliphatic carbocycles. The van der Waals surface area contributed by atoms with Crippen molar-refractivity contribution in [2.24, 2.45) is 0 Å². The van der Waals surface area contributed by atoms with Crippen LogP contribution in [0, 0.1) is 0 Å². The summed E-state index contributed by atoms with van der Waals surface area (Å²) in [6.07, 6.45) is 4.31. The predicted molar refractivity (Wildman–Crippen MR) is 83.6 cm³/mol. The van der Waals surface area contributed by atoms with Gasteiger partial charge < -0.3 is 10.1 Å². The number of nitrogens with one attached hydrogen (secondary N) is 2. The van der Waals surface area contributed by atoms with Crippen LogP contribution in [0.2, 0.25) is 0 Å². The molecule has 0 saturated heterocycles. The van der Waals surface area contributed by atoms with Gasteiger partial charge in [0.05, 0.1) is 0 Å². The van der Waals surface area contributed by atoms with Crippen molar-refractivity contribution >= 4 is 21.7 Å². The molecule has 1 heterocycles. The predicted octanol–water partition coefficient (Wildman–Crippen LogP) is 2.86. The Bertz CT molecular complexity index is 748. The Morgan fingerprint density at radius 1 is 1.27 bits per heavy atom. The molecule has 118 valence electrons. The van der Waals surface area contributed by atoms with E-state index in [0.29, 0.717) is 5.69 Å². The fourth-order valence-corrected chi connectivity index (χ4v) is 3.04. The van der Waals surface area contributed by atoms with Crippen molar-refractivity contribution in [2.75, 3.05) is 4.72 Å². The Balaban J connectivity index is 2.12. The van der Waals surface area contributed by atoms with Gasteiger partial charge in [-0.05, 0) is 36.6 Å². The molecule has 1 aromatic carbocycles. The minimum absolute atomic E-state index is 0.111. The van der Waals surface area contributed by atoms with Gasteiger partial charge in [-0.2, -0.15) is 0 Å². The van der Waals surface area contributed by atoms with E-state index in [1.165, 1.54) is 0 Å². The fourth-order valence-electron chi connectivity index (χ4n) is 1.99. The fraction of sp³-hybridized carbons (Fsp3) is 0.267. The van der Waals surface area contributed by atoms with Gasteiger partial charge in [-0.15, -0.1) is 0 Å². The second kappa shape index (κ2) is 6.65. The van der Waals surface area contributed by atoms with E-state index in [9.17, 15) is 13.2 Å². The largest absolute Gasteiger partial charge is 0.477 e. The topological polar surface area (TPSA) is 99.3 Å². The molecule has 0 atom stereocenters. The number of aryl methyl sites for hydroxylation is 1. The Hall–Kier alpha value is -2.28. The zero-order valence-corrected chi connectivity index (χ0v) is 13.0. The van der Waals surface area contributed by atoms with Crippen molar-refractivity contribution in [3.05, 3.63) is 47.8 Å². The highest BCUT2D eigenvalue weighted by atomic mass is 32.2. The van der Waals surface area contributed by atoms with Crippen LogP contribution in [0.25, 0.3) is 0 Å². The molecule has 7 heteroatoms. The third-order valence-corrected chi connectivity index (χ3v) is 4.58. The number of sulfonamides is 1. The van der Waals surface area contributed by atoms with Crippen LogP contribution in [0.4, 0.5) is 5.69 Å². The zero-order valence-electron chi connectivity index (χ0n) is 12.2. The second-order valence-corrected chi connectivity index (χ2v) is 6.64. The molecule has 3 N–H and O–H groups in total. The lowest BCUT2D eigenvalue weighted by molar-refractivity contribution is 0.0691. The third-order valence-electron chi connectivity index (χ3n) is 3.22. The number of benzene rings is 1. The number of hydrogen-bond donors (Lipinski definition) is 3. The number of rotatable bonds is 7. The number of carbonyl (C=O) groups is 1. The standard InChI is InChI=1S/C15H18N2O4S/c1-2-3-4-11-5-7-12(8-6-11)17-22(20,21)13-9-14(15(18)19)16-10-13/h5-10,16-17H,2-4H2,1H3,(H,18,19). The Morgan fingerprint density at radius 3 is 2.50 bits per heavy atom. The van der Waals surface area contributed by atoms with Crippen molar-refractivity contribution < 1.29 is 18.3 Å². The molecule has 0 aliphatic heterocycles. The minimum atomic E-state index is -3.80. The number of carboxylic acid groups (broad SMARTS) is 1. The first-order valence-corrected chi connectivity index (χ1v) is 8.44. The maximum absolute atomic E-state index is 12.2. The average molecular weight is 322 g/mol. The number of aromatic nitrogens is 1. The molecule has 2 aromatic rings. The van der Waals surface area contributed by atoms with Crippen molar-refractivity contribution in [2.45, 2.75) is 31.1 Å². The van der Waals surface area contributed by atoms with Crippen LogP contribution in [0.15, 0.2) is 41.4 Å². The van der Waals surface area contributed by atoms with Crippen LogP contribution in [0.3, 0.4) is 0 Å². The maximum atomic E-state index is 12.2. The molecule has 0 radical (unpaired) electrons. The Labute approximate surface area is 129 Å². The Kier molecular flexibility index (Phi) is 4.87. The molecule has 0 fully saturated rings. The summed E-state index contributed by atoms with van der Waals surface area (Å²) in [6, 6.07) is 8.25. The molecule has 2 rings (SSSR count). The SMILES string of the molecule is CCCCc1ccc(NS(=O)(=O)c2c[nH]c(C(=O)O)c2)cc1. The van der Waals surface area contributed by atoms with E-state index in [1.807, 2.05) is 12.1 Å². The summed E-state index contributed by atoms with van der Waals surface area (Å²) in [7, 11) is -3.80. The first-order valence-electron chi connectivity index (χ1n) is 6.96. The van der Waals surface area contributed by atoms with Crippen LogP contribution in [0.1, 0.15) is 35.8 Å². The molecule has 0 spiro atoms. The van der Waals surface area contributed by atoms with E-state index in [4.69, 9.17) is 5.11 Å². The van der Waals surface area contributed by atoms with Crippen LogP contribution in [0.5, 0.6) is 0 Å². The highest BCUT2D eigenvalue weighted by Crippen LogP contribution is 2.18. The first-order chi connectivity index (χ1) is 10.4. The van der Waals surface area contributed by atoms with Gasteiger partial charge in [0.15, 0.2) is 0 Å². The lowest BCUT2D eigenvalue weighted by Gasteiger charge is -2.07. The second-order valence-electron chi connectivity index (χ2n) is 4.96. The number of aromatic amines is 1. The van der Waals surface area contributed by atoms with Crippen LogP contribution in [-0.4, -0.2) is 24.5 Å². The third kappa shape index (κ3) is 3.88. The van der Waals surface area contributed by atoms with Crippen LogP contribution >= 0.6 is 0 Å². The molecule has 22 heavy (non-hydrogen) atoms. The monoisotopic (exact) mass is 322 g/mol. The summed E-state index contributed by atoms with van der Waals surface area (Å²) in [5, 5.41) is 8.81. The average Bonchev–Trinajstić information content (AvgIpc) is 2.97. The van der Waals surface area contributed by atoms with E-state index in [-0.39, 0.29) is 10.6 Å². The lowest BCUT2D eigenvalue weighted by Crippen LogP contribution is -2.12. The van der Waals surface area contributed by atoms with Crippen LogP contribution in [-0.2, 0) is 16.4 Å². The van der Waals surface area contributed by atoms with Gasteiger partial charge in [-0.3, -0.25) is 4.72 Å². The summed E-state index contributed by atoms with van der Waals surface area (Å²) >= 11 is 0. The van der Waals surface area contributed by atoms with Crippen LogP contribution < -0.4 is 4.72 Å². The van der Waals surface area contributed by atoms with Gasteiger partial charge in [-0.25, -0.2) is 13.2 Å². The number of H-pyrrole nitrogens is 1. The minimum Gasteiger partial charge on any atom is -0.477 e. The van der Waals surface area contributed by atoms with Crippen molar-refractivity contribution in [1.82, 2.24) is 4.98 Å². The highest BCUT2D eigenvalue weighted by Gasteiger charge is 2.18. The first kappa shape index (κ1) is 16.1. The molecule has 0 bridgehead atoms. The normalized spacial score (nSPS) is 11.3. The van der Waals surface area contributed by atoms with Crippen molar-refractivity contribution in [3.8, 4) is 0 Å². The molecule has 6 nitrogen and oxygen atoms in total. The summed E-state index contributed by atoms with van der Waals surface area (Å²) in [4.78, 5) is 13.1. The quantitative estimate of drug-likeness (QED) is 0.730. The van der Waals surface area contributed by atoms with Gasteiger partial charge in [0, 0.05) is 11.9 Å². The number of hydrogen-bond acceptors (Lipinski definition) is 3. The Morgan fingerprint density at radius 2 is 1.95 bits per heavy atom. The maximum Gasteiger partial charge on any atom is 0.352 e. The lowest BCUT2D eigenvalue weighted by atomic mass is 10.1. The summed E-state index contributed by atoms with van der Waals surface area (Å²) in [5.41, 5.74) is 1.42. The van der Waals surface area contributed by atoms with Gasteiger partial charge in [0.2, 0.25) is 0 Å². The molecule has 0 amide bonds. The number of unbranched alkanes of at least 4 members (excludes halogenated alkanes) is 1. The zero-order chi connectivity index (χ0) is 16.2. The van der Waals surface area contributed by atoms with E-state index >= 15 is 0 Å². The van der Waals surface area contributed by atoms with E-state index in [0.717, 1.165) is 37.1 Å². The smallest absolute Gasteiger partial charge is 0.352 e. The van der Waals surface area contributed by atoms with E-state index in [1.54, 1.807) is 12.1 Å². The summed E-state index contributed by atoms with van der Waals surface area (Å²) in [6.45, 7) is 2.12. The molecule has 1 aromatic heterocycles. The molecular formula is C15H18N2O4S. The van der Waals surface area contributed by atoms with Gasteiger partial charge in [0.1, 0.15) is 10.6 Å². The van der Waals surface area contributed by atoms with E-state index < -0.39 is 16.0 Å². The summed E-state index contributed by atoms with van der Waals surface area (Å²) < 4.78 is 26.8. The molecular weight excluding hydrogens is 304 g/mol.